The van der Waals surface area contributed by atoms with Crippen molar-refractivity contribution < 1.29 is 9.59 Å². The lowest BCUT2D eigenvalue weighted by Gasteiger charge is -2.05. The van der Waals surface area contributed by atoms with Gasteiger partial charge in [-0.15, -0.1) is 0 Å². The second-order valence-corrected chi connectivity index (χ2v) is 8.15. The Labute approximate surface area is 199 Å². The highest BCUT2D eigenvalue weighted by molar-refractivity contribution is 6.34. The Balaban J connectivity index is 1.60. The first-order chi connectivity index (χ1) is 15.4. The van der Waals surface area contributed by atoms with E-state index in [1.54, 1.807) is 26.0 Å². The molecule has 170 valence electrons. The van der Waals surface area contributed by atoms with E-state index in [2.05, 4.69) is 21.1 Å². The van der Waals surface area contributed by atoms with Crippen LogP contribution in [0.5, 0.6) is 0 Å². The van der Waals surface area contributed by atoms with Crippen LogP contribution in [0, 0.1) is 0 Å². The number of halogens is 2. The summed E-state index contributed by atoms with van der Waals surface area (Å²) in [6, 6.07) is 14.7. The molecule has 32 heavy (non-hydrogen) atoms. The number of nitrogens with zero attached hydrogens (tertiary/aromatic N) is 2. The van der Waals surface area contributed by atoms with Crippen LogP contribution in [0.3, 0.4) is 0 Å². The third kappa shape index (κ3) is 8.81. The molecule has 0 heterocycles. The summed E-state index contributed by atoms with van der Waals surface area (Å²) in [6.45, 7) is 3.60. The van der Waals surface area contributed by atoms with Crippen molar-refractivity contribution in [1.29, 1.82) is 0 Å². The molecule has 2 rings (SSSR count). The molecule has 8 heteroatoms. The van der Waals surface area contributed by atoms with Gasteiger partial charge >= 0.3 is 0 Å². The quantitative estimate of drug-likeness (QED) is 0.248. The summed E-state index contributed by atoms with van der Waals surface area (Å²) < 4.78 is 0. The van der Waals surface area contributed by atoms with Crippen LogP contribution in [0.25, 0.3) is 0 Å². The van der Waals surface area contributed by atoms with E-state index in [0.29, 0.717) is 34.3 Å². The average Bonchev–Trinajstić information content (AvgIpc) is 2.78. The van der Waals surface area contributed by atoms with Crippen LogP contribution >= 0.6 is 23.2 Å². The number of nitrogens with one attached hydrogen (secondary N) is 2. The first-order valence-corrected chi connectivity index (χ1v) is 11.3. The molecular formula is C24H28Cl2N4O2. The zero-order chi connectivity index (χ0) is 23.3. The Bertz CT molecular complexity index is 910. The van der Waals surface area contributed by atoms with Gasteiger partial charge in [-0.05, 0) is 38.8 Å². The first kappa shape index (κ1) is 25.6. The Hall–Kier alpha value is -2.70. The number of hydrogen-bond acceptors (Lipinski definition) is 4. The molecule has 0 bridgehead atoms. The average molecular weight is 475 g/mol. The minimum atomic E-state index is -0.140. The van der Waals surface area contributed by atoms with Crippen molar-refractivity contribution in [2.45, 2.75) is 52.4 Å². The fourth-order valence-electron chi connectivity index (χ4n) is 2.96. The summed E-state index contributed by atoms with van der Waals surface area (Å²) in [4.78, 5) is 23.9. The molecule has 0 aliphatic carbocycles. The van der Waals surface area contributed by atoms with E-state index in [9.17, 15) is 9.59 Å². The minimum Gasteiger partial charge on any atom is -0.273 e. The molecule has 2 aromatic carbocycles. The van der Waals surface area contributed by atoms with Crippen LogP contribution in [0.4, 0.5) is 0 Å². The van der Waals surface area contributed by atoms with Crippen molar-refractivity contribution in [2.75, 3.05) is 0 Å². The molecule has 2 amide bonds. The molecule has 0 aliphatic rings. The Morgan fingerprint density at radius 3 is 1.44 bits per heavy atom. The molecule has 0 atom stereocenters. The van der Waals surface area contributed by atoms with E-state index in [1.165, 1.54) is 0 Å². The molecule has 0 radical (unpaired) electrons. The minimum absolute atomic E-state index is 0.140. The maximum absolute atomic E-state index is 12.0. The van der Waals surface area contributed by atoms with Crippen LogP contribution in [-0.4, -0.2) is 23.2 Å². The van der Waals surface area contributed by atoms with E-state index >= 15 is 0 Å². The first-order valence-electron chi connectivity index (χ1n) is 10.5. The Kier molecular flexibility index (Phi) is 10.9. The standard InChI is InChI=1S/C24H28Cl2N4O2/c1-17(19-11-7-9-13-21(19)25)27-29-23(31)15-5-3-4-6-16-24(32)30-28-18(2)20-12-8-10-14-22(20)26/h7-14H,3-6,15-16H2,1-2H3,(H,29,31)(H,30,32)/b27-17+,28-18+. The summed E-state index contributed by atoms with van der Waals surface area (Å²) in [5.74, 6) is -0.280. The van der Waals surface area contributed by atoms with Gasteiger partial charge in [-0.25, -0.2) is 10.9 Å². The third-order valence-electron chi connectivity index (χ3n) is 4.78. The molecular weight excluding hydrogens is 447 g/mol. The number of hydrogen-bond donors (Lipinski definition) is 2. The van der Waals surface area contributed by atoms with Crippen molar-refractivity contribution in [3.05, 3.63) is 69.7 Å². The van der Waals surface area contributed by atoms with Crippen LogP contribution in [-0.2, 0) is 9.59 Å². The van der Waals surface area contributed by atoms with E-state index < -0.39 is 0 Å². The summed E-state index contributed by atoms with van der Waals surface area (Å²) >= 11 is 12.2. The van der Waals surface area contributed by atoms with Gasteiger partial charge in [-0.1, -0.05) is 72.4 Å². The summed E-state index contributed by atoms with van der Waals surface area (Å²) in [5, 5.41) is 9.42. The lowest BCUT2D eigenvalue weighted by Crippen LogP contribution is -2.19. The van der Waals surface area contributed by atoms with Gasteiger partial charge in [0.1, 0.15) is 0 Å². The molecule has 0 spiro atoms. The maximum atomic E-state index is 12.0. The van der Waals surface area contributed by atoms with Crippen molar-refractivity contribution in [3.63, 3.8) is 0 Å². The van der Waals surface area contributed by atoms with E-state index in [4.69, 9.17) is 23.2 Å². The number of carbonyl (C=O) groups is 2. The fraction of sp³-hybridized carbons (Fsp3) is 0.333. The van der Waals surface area contributed by atoms with Gasteiger partial charge in [-0.2, -0.15) is 10.2 Å². The predicted octanol–water partition coefficient (Wildman–Crippen LogP) is 5.71. The molecule has 0 fully saturated rings. The van der Waals surface area contributed by atoms with Gasteiger partial charge < -0.3 is 0 Å². The van der Waals surface area contributed by atoms with Gasteiger partial charge in [0.25, 0.3) is 0 Å². The largest absolute Gasteiger partial charge is 0.273 e. The van der Waals surface area contributed by atoms with E-state index in [-0.39, 0.29) is 11.8 Å². The monoisotopic (exact) mass is 474 g/mol. The Morgan fingerprint density at radius 2 is 1.06 bits per heavy atom. The predicted molar refractivity (Wildman–Crippen MR) is 131 cm³/mol. The number of rotatable bonds is 11. The van der Waals surface area contributed by atoms with Crippen molar-refractivity contribution in [1.82, 2.24) is 10.9 Å². The van der Waals surface area contributed by atoms with Crippen molar-refractivity contribution >= 4 is 46.4 Å². The fourth-order valence-corrected chi connectivity index (χ4v) is 3.50. The topological polar surface area (TPSA) is 82.9 Å². The zero-order valence-electron chi connectivity index (χ0n) is 18.3. The highest BCUT2D eigenvalue weighted by atomic mass is 35.5. The van der Waals surface area contributed by atoms with Crippen LogP contribution in [0.2, 0.25) is 10.0 Å². The molecule has 2 aromatic rings. The number of hydrazone groups is 2. The number of unbranched alkanes of at least 4 members (excludes halogenated alkanes) is 3. The summed E-state index contributed by atoms with van der Waals surface area (Å²) in [7, 11) is 0. The zero-order valence-corrected chi connectivity index (χ0v) is 19.8. The van der Waals surface area contributed by atoms with Crippen molar-refractivity contribution in [3.8, 4) is 0 Å². The highest BCUT2D eigenvalue weighted by Crippen LogP contribution is 2.16. The van der Waals surface area contributed by atoms with Crippen LogP contribution in [0.1, 0.15) is 63.5 Å². The van der Waals surface area contributed by atoms with E-state index in [1.807, 2.05) is 36.4 Å². The SMILES string of the molecule is C/C(=N\NC(=O)CCCCCCC(=O)N/N=C(\C)c1ccccc1Cl)c1ccccc1Cl. The van der Waals surface area contributed by atoms with Gasteiger partial charge in [0.2, 0.25) is 11.8 Å². The molecule has 6 nitrogen and oxygen atoms in total. The third-order valence-corrected chi connectivity index (χ3v) is 5.44. The lowest BCUT2D eigenvalue weighted by molar-refractivity contribution is -0.122. The second kappa shape index (κ2) is 13.7. The summed E-state index contributed by atoms with van der Waals surface area (Å²) in [6.07, 6.45) is 3.95. The van der Waals surface area contributed by atoms with E-state index in [0.717, 1.165) is 36.8 Å². The molecule has 0 unspecified atom stereocenters. The van der Waals surface area contributed by atoms with Crippen LogP contribution in [0.15, 0.2) is 58.7 Å². The normalized spacial score (nSPS) is 11.9. The Morgan fingerprint density at radius 1 is 0.688 bits per heavy atom. The van der Waals surface area contributed by atoms with Gasteiger partial charge in [0.05, 0.1) is 11.4 Å². The second-order valence-electron chi connectivity index (χ2n) is 7.34. The lowest BCUT2D eigenvalue weighted by atomic mass is 10.1. The van der Waals surface area contributed by atoms with Gasteiger partial charge in [0, 0.05) is 34.0 Å². The number of carbonyl (C=O) groups excluding carboxylic acids is 2. The number of benzene rings is 2. The van der Waals surface area contributed by atoms with Crippen molar-refractivity contribution in [2.24, 2.45) is 10.2 Å². The summed E-state index contributed by atoms with van der Waals surface area (Å²) in [5.41, 5.74) is 8.02. The molecule has 0 saturated carbocycles. The smallest absolute Gasteiger partial charge is 0.240 e. The highest BCUT2D eigenvalue weighted by Gasteiger charge is 2.06. The van der Waals surface area contributed by atoms with Crippen LogP contribution < -0.4 is 10.9 Å². The molecule has 0 aromatic heterocycles. The molecule has 0 saturated heterocycles. The van der Waals surface area contributed by atoms with Gasteiger partial charge in [0.15, 0.2) is 0 Å². The molecule has 2 N–H and O–H groups in total. The van der Waals surface area contributed by atoms with Gasteiger partial charge in [-0.3, -0.25) is 9.59 Å². The molecule has 0 aliphatic heterocycles. The maximum Gasteiger partial charge on any atom is 0.240 e. The number of amides is 2.